The predicted octanol–water partition coefficient (Wildman–Crippen LogP) is 3.97. The third-order valence-electron chi connectivity index (χ3n) is 3.03. The maximum atomic E-state index is 5.86. The van der Waals surface area contributed by atoms with Crippen LogP contribution in [0.5, 0.6) is 5.75 Å². The highest BCUT2D eigenvalue weighted by molar-refractivity contribution is 6.30. The fourth-order valence-electron chi connectivity index (χ4n) is 2.06. The lowest BCUT2D eigenvalue weighted by molar-refractivity contribution is -0.194. The van der Waals surface area contributed by atoms with Crippen LogP contribution in [0.25, 0.3) is 22.6 Å². The van der Waals surface area contributed by atoms with Gasteiger partial charge in [-0.2, -0.15) is 4.89 Å². The van der Waals surface area contributed by atoms with Gasteiger partial charge in [0.25, 0.3) is 0 Å². The molecule has 2 heterocycles. The Hall–Kier alpha value is -2.04. The molecule has 1 aliphatic rings. The summed E-state index contributed by atoms with van der Waals surface area (Å²) in [6.45, 7) is 0.433. The van der Waals surface area contributed by atoms with E-state index < -0.39 is 0 Å². The lowest BCUT2D eigenvalue weighted by Gasteiger charge is -1.94. The highest BCUT2D eigenvalue weighted by Gasteiger charge is 2.18. The standard InChI is InChI=1S/C14H8ClNO3/c15-10-3-1-8(2-4-10)14-16-11-6-12-9(7-17-19-12)5-13(11)18-14/h1-6H,7H2. The molecular formula is C14H8ClNO3. The fourth-order valence-corrected chi connectivity index (χ4v) is 2.19. The molecule has 1 aliphatic heterocycles. The zero-order valence-corrected chi connectivity index (χ0v) is 10.5. The summed E-state index contributed by atoms with van der Waals surface area (Å²) in [4.78, 5) is 14.4. The van der Waals surface area contributed by atoms with Gasteiger partial charge < -0.3 is 9.30 Å². The van der Waals surface area contributed by atoms with Crippen molar-refractivity contribution < 1.29 is 14.2 Å². The van der Waals surface area contributed by atoms with Crippen LogP contribution in [-0.4, -0.2) is 4.98 Å². The highest BCUT2D eigenvalue weighted by atomic mass is 35.5. The molecule has 1 aromatic heterocycles. The summed E-state index contributed by atoms with van der Waals surface area (Å²) in [5.74, 6) is 1.26. The summed E-state index contributed by atoms with van der Waals surface area (Å²) in [6, 6.07) is 11.1. The number of rotatable bonds is 1. The van der Waals surface area contributed by atoms with Crippen LogP contribution in [0.15, 0.2) is 40.8 Å². The highest BCUT2D eigenvalue weighted by Crippen LogP contribution is 2.33. The molecule has 5 heteroatoms. The van der Waals surface area contributed by atoms with Crippen molar-refractivity contribution in [3.63, 3.8) is 0 Å². The van der Waals surface area contributed by atoms with Gasteiger partial charge in [-0.1, -0.05) is 11.6 Å². The number of fused-ring (bicyclic) bond motifs is 2. The number of nitrogens with zero attached hydrogens (tertiary/aromatic N) is 1. The van der Waals surface area contributed by atoms with E-state index in [0.29, 0.717) is 23.3 Å². The predicted molar refractivity (Wildman–Crippen MR) is 69.9 cm³/mol. The van der Waals surface area contributed by atoms with E-state index in [0.717, 1.165) is 22.2 Å². The number of hydrogen-bond acceptors (Lipinski definition) is 4. The van der Waals surface area contributed by atoms with Gasteiger partial charge in [-0.15, -0.1) is 0 Å². The molecule has 0 amide bonds. The van der Waals surface area contributed by atoms with E-state index in [2.05, 4.69) is 4.98 Å². The molecule has 4 rings (SSSR count). The average molecular weight is 274 g/mol. The van der Waals surface area contributed by atoms with Gasteiger partial charge in [-0.25, -0.2) is 4.98 Å². The van der Waals surface area contributed by atoms with Crippen LogP contribution in [-0.2, 0) is 11.5 Å². The van der Waals surface area contributed by atoms with Crippen LogP contribution in [0.3, 0.4) is 0 Å². The summed E-state index contributed by atoms with van der Waals surface area (Å²) in [6.07, 6.45) is 0. The van der Waals surface area contributed by atoms with Crippen LogP contribution in [0.4, 0.5) is 0 Å². The summed E-state index contributed by atoms with van der Waals surface area (Å²) >= 11 is 5.86. The number of oxazole rings is 1. The topological polar surface area (TPSA) is 44.5 Å². The molecule has 0 radical (unpaired) electrons. The zero-order chi connectivity index (χ0) is 12.8. The minimum atomic E-state index is 0.433. The lowest BCUT2D eigenvalue weighted by Crippen LogP contribution is -1.81. The van der Waals surface area contributed by atoms with E-state index >= 15 is 0 Å². The van der Waals surface area contributed by atoms with Crippen LogP contribution in [0.1, 0.15) is 5.56 Å². The Kier molecular flexibility index (Phi) is 2.27. The Morgan fingerprint density at radius 3 is 2.79 bits per heavy atom. The minimum Gasteiger partial charge on any atom is -0.436 e. The fraction of sp³-hybridized carbons (Fsp3) is 0.0714. The third kappa shape index (κ3) is 1.77. The summed E-state index contributed by atoms with van der Waals surface area (Å²) < 4.78 is 5.75. The first kappa shape index (κ1) is 10.8. The first-order chi connectivity index (χ1) is 9.29. The van der Waals surface area contributed by atoms with Gasteiger partial charge in [0.05, 0.1) is 0 Å². The van der Waals surface area contributed by atoms with Crippen LogP contribution < -0.4 is 4.89 Å². The van der Waals surface area contributed by atoms with Crippen molar-refractivity contribution >= 4 is 22.7 Å². The minimum absolute atomic E-state index is 0.433. The Balaban J connectivity index is 1.86. The molecule has 19 heavy (non-hydrogen) atoms. The van der Waals surface area contributed by atoms with E-state index in [9.17, 15) is 0 Å². The van der Waals surface area contributed by atoms with Crippen LogP contribution >= 0.6 is 11.6 Å². The number of aromatic nitrogens is 1. The smallest absolute Gasteiger partial charge is 0.227 e. The molecule has 3 aromatic rings. The second kappa shape index (κ2) is 3.98. The number of benzene rings is 2. The van der Waals surface area contributed by atoms with E-state index in [-0.39, 0.29) is 0 Å². The molecule has 94 valence electrons. The van der Waals surface area contributed by atoms with Crippen molar-refractivity contribution in [2.45, 2.75) is 6.61 Å². The van der Waals surface area contributed by atoms with Crippen molar-refractivity contribution in [3.05, 3.63) is 47.0 Å². The average Bonchev–Trinajstić information content (AvgIpc) is 3.01. The molecule has 0 aliphatic carbocycles. The molecule has 0 bridgehead atoms. The van der Waals surface area contributed by atoms with Gasteiger partial charge >= 0.3 is 0 Å². The molecule has 0 atom stereocenters. The molecule has 0 spiro atoms. The first-order valence-corrected chi connectivity index (χ1v) is 6.16. The Labute approximate surface area is 113 Å². The quantitative estimate of drug-likeness (QED) is 0.629. The largest absolute Gasteiger partial charge is 0.436 e. The van der Waals surface area contributed by atoms with E-state index in [1.165, 1.54) is 0 Å². The summed E-state index contributed by atoms with van der Waals surface area (Å²) in [5, 5.41) is 0.685. The second-order valence-electron chi connectivity index (χ2n) is 4.30. The molecular weight excluding hydrogens is 266 g/mol. The molecule has 2 aromatic carbocycles. The summed E-state index contributed by atoms with van der Waals surface area (Å²) in [7, 11) is 0. The Bertz CT molecular complexity index is 723. The Morgan fingerprint density at radius 1 is 1.11 bits per heavy atom. The monoisotopic (exact) mass is 273 g/mol. The second-order valence-corrected chi connectivity index (χ2v) is 4.74. The molecule has 0 unspecified atom stereocenters. The SMILES string of the molecule is Clc1ccc(-c2nc3cc4c(cc3o2)COO4)cc1. The van der Waals surface area contributed by atoms with Gasteiger partial charge in [0.2, 0.25) is 5.89 Å². The first-order valence-electron chi connectivity index (χ1n) is 5.78. The van der Waals surface area contributed by atoms with Gasteiger partial charge in [-0.05, 0) is 30.3 Å². The molecule has 0 saturated heterocycles. The van der Waals surface area contributed by atoms with Crippen LogP contribution in [0.2, 0.25) is 5.02 Å². The van der Waals surface area contributed by atoms with Gasteiger partial charge in [0, 0.05) is 22.2 Å². The van der Waals surface area contributed by atoms with Crippen molar-refractivity contribution in [2.24, 2.45) is 0 Å². The molecule has 0 fully saturated rings. The zero-order valence-electron chi connectivity index (χ0n) is 9.72. The molecule has 4 nitrogen and oxygen atoms in total. The van der Waals surface area contributed by atoms with E-state index in [1.807, 2.05) is 36.4 Å². The normalized spacial score (nSPS) is 13.5. The lowest BCUT2D eigenvalue weighted by atomic mass is 10.2. The summed E-state index contributed by atoms with van der Waals surface area (Å²) in [5.41, 5.74) is 3.32. The van der Waals surface area contributed by atoms with Gasteiger partial charge in [0.15, 0.2) is 11.3 Å². The molecule has 0 saturated carbocycles. The third-order valence-corrected chi connectivity index (χ3v) is 3.28. The van der Waals surface area contributed by atoms with E-state index in [1.54, 1.807) is 0 Å². The van der Waals surface area contributed by atoms with E-state index in [4.69, 9.17) is 25.8 Å². The maximum absolute atomic E-state index is 5.86. The van der Waals surface area contributed by atoms with Gasteiger partial charge in [0.1, 0.15) is 12.1 Å². The molecule has 0 N–H and O–H groups in total. The Morgan fingerprint density at radius 2 is 1.95 bits per heavy atom. The maximum Gasteiger partial charge on any atom is 0.227 e. The van der Waals surface area contributed by atoms with Crippen LogP contribution in [0, 0.1) is 0 Å². The number of halogens is 1. The van der Waals surface area contributed by atoms with Crippen molar-refractivity contribution in [2.75, 3.05) is 0 Å². The van der Waals surface area contributed by atoms with Gasteiger partial charge in [-0.3, -0.25) is 0 Å². The van der Waals surface area contributed by atoms with Crippen molar-refractivity contribution in [1.29, 1.82) is 0 Å². The number of hydrogen-bond donors (Lipinski definition) is 0. The van der Waals surface area contributed by atoms with Crippen molar-refractivity contribution in [3.8, 4) is 17.2 Å². The van der Waals surface area contributed by atoms with Crippen molar-refractivity contribution in [1.82, 2.24) is 4.98 Å².